The second-order valence-corrected chi connectivity index (χ2v) is 13.1. The largest absolute Gasteiger partial charge is 0.456 e. The normalized spacial score (nSPS) is 11.4. The summed E-state index contributed by atoms with van der Waals surface area (Å²) in [6, 6.07) is 65.2. The highest BCUT2D eigenvalue weighted by Crippen LogP contribution is 2.42. The lowest BCUT2D eigenvalue weighted by molar-refractivity contribution is 0.669. The first-order chi connectivity index (χ1) is 26.3. The Bertz CT molecular complexity index is 2940. The Morgan fingerprint density at radius 2 is 0.830 bits per heavy atom. The topological polar surface area (TPSA) is 51.8 Å². The average molecular weight is 678 g/mol. The van der Waals surface area contributed by atoms with Crippen LogP contribution in [0.3, 0.4) is 0 Å². The minimum Gasteiger partial charge on any atom is -0.456 e. The molecule has 0 aliphatic carbocycles. The average Bonchev–Trinajstić information content (AvgIpc) is 3.62. The van der Waals surface area contributed by atoms with Gasteiger partial charge in [0.2, 0.25) is 0 Å². The van der Waals surface area contributed by atoms with Crippen LogP contribution in [0.1, 0.15) is 0 Å². The number of fused-ring (bicyclic) bond motifs is 4. The van der Waals surface area contributed by atoms with E-state index in [1.54, 1.807) is 0 Å². The first kappa shape index (κ1) is 30.6. The highest BCUT2D eigenvalue weighted by Gasteiger charge is 2.20. The van der Waals surface area contributed by atoms with Crippen molar-refractivity contribution in [3.05, 3.63) is 188 Å². The van der Waals surface area contributed by atoms with Crippen LogP contribution in [0.5, 0.6) is 0 Å². The second-order valence-electron chi connectivity index (χ2n) is 13.1. The molecule has 2 heterocycles. The predicted molar refractivity (Wildman–Crippen MR) is 217 cm³/mol. The van der Waals surface area contributed by atoms with Gasteiger partial charge in [-0.2, -0.15) is 0 Å². The van der Waals surface area contributed by atoms with E-state index in [1.807, 2.05) is 42.5 Å². The zero-order valence-electron chi connectivity index (χ0n) is 28.6. The molecule has 248 valence electrons. The van der Waals surface area contributed by atoms with Crippen molar-refractivity contribution in [2.45, 2.75) is 0 Å². The fraction of sp³-hybridized carbons (Fsp3) is 0. The molecule has 0 aliphatic heterocycles. The van der Waals surface area contributed by atoms with Gasteiger partial charge in [-0.05, 0) is 62.4 Å². The maximum atomic E-state index is 6.51. The van der Waals surface area contributed by atoms with Gasteiger partial charge in [-0.3, -0.25) is 0 Å². The molecule has 53 heavy (non-hydrogen) atoms. The van der Waals surface area contributed by atoms with Crippen LogP contribution in [0.2, 0.25) is 0 Å². The van der Waals surface area contributed by atoms with E-state index in [1.165, 1.54) is 22.3 Å². The van der Waals surface area contributed by atoms with Gasteiger partial charge in [0.05, 0.1) is 0 Å². The van der Waals surface area contributed by atoms with E-state index in [0.717, 1.165) is 60.5 Å². The number of rotatable bonds is 6. The summed E-state index contributed by atoms with van der Waals surface area (Å²) in [5, 5.41) is 4.21. The van der Waals surface area contributed by atoms with Gasteiger partial charge < -0.3 is 4.42 Å². The Kier molecular flexibility index (Phi) is 7.43. The molecule has 8 aromatic carbocycles. The quantitative estimate of drug-likeness (QED) is 0.176. The summed E-state index contributed by atoms with van der Waals surface area (Å²) in [5.74, 6) is 1.84. The van der Waals surface area contributed by atoms with Crippen molar-refractivity contribution in [3.8, 4) is 67.5 Å². The Hall–Kier alpha value is -7.17. The van der Waals surface area contributed by atoms with Crippen LogP contribution in [-0.4, -0.2) is 15.0 Å². The van der Waals surface area contributed by atoms with Crippen molar-refractivity contribution in [2.24, 2.45) is 0 Å². The molecule has 4 nitrogen and oxygen atoms in total. The van der Waals surface area contributed by atoms with E-state index >= 15 is 0 Å². The van der Waals surface area contributed by atoms with E-state index < -0.39 is 0 Å². The Labute approximate surface area is 306 Å². The van der Waals surface area contributed by atoms with Gasteiger partial charge in [0.25, 0.3) is 0 Å². The summed E-state index contributed by atoms with van der Waals surface area (Å²) in [6.07, 6.45) is 0. The first-order valence-corrected chi connectivity index (χ1v) is 17.8. The predicted octanol–water partition coefficient (Wildman–Crippen LogP) is 12.9. The van der Waals surface area contributed by atoms with Gasteiger partial charge >= 0.3 is 0 Å². The van der Waals surface area contributed by atoms with Crippen LogP contribution in [0, 0.1) is 0 Å². The number of hydrogen-bond acceptors (Lipinski definition) is 4. The van der Waals surface area contributed by atoms with Gasteiger partial charge in [0.15, 0.2) is 17.5 Å². The van der Waals surface area contributed by atoms with Crippen molar-refractivity contribution >= 4 is 32.7 Å². The maximum absolute atomic E-state index is 6.51. The molecular weight excluding hydrogens is 647 g/mol. The summed E-state index contributed by atoms with van der Waals surface area (Å²) in [7, 11) is 0. The van der Waals surface area contributed by atoms with Gasteiger partial charge in [-0.15, -0.1) is 0 Å². The number of aromatic nitrogens is 3. The molecule has 0 N–H and O–H groups in total. The van der Waals surface area contributed by atoms with Crippen molar-refractivity contribution in [1.82, 2.24) is 15.0 Å². The molecule has 0 radical (unpaired) electrons. The summed E-state index contributed by atoms with van der Waals surface area (Å²) < 4.78 is 6.51. The lowest BCUT2D eigenvalue weighted by Gasteiger charge is -2.15. The smallest absolute Gasteiger partial charge is 0.164 e. The van der Waals surface area contributed by atoms with Gasteiger partial charge in [0.1, 0.15) is 11.2 Å². The Morgan fingerprint density at radius 3 is 1.58 bits per heavy atom. The third-order valence-electron chi connectivity index (χ3n) is 9.97. The van der Waals surface area contributed by atoms with Gasteiger partial charge in [-0.1, -0.05) is 170 Å². The fourth-order valence-electron chi connectivity index (χ4n) is 7.49. The third-order valence-corrected chi connectivity index (χ3v) is 9.97. The van der Waals surface area contributed by atoms with Crippen LogP contribution in [-0.2, 0) is 0 Å². The molecule has 0 fully saturated rings. The molecule has 0 atom stereocenters. The zero-order chi connectivity index (χ0) is 35.1. The minimum absolute atomic E-state index is 0.595. The standard InChI is InChI=1S/C49H31N3O/c1-3-15-32(16-4-1)36-21-9-11-24-39(36)40-25-12-10-23-38(40)35-29-30-44-43(31-35)46-42(27-14-28-45(46)53-44)49-51-47(34-18-5-2-6-19-34)50-48(52-49)41-26-13-20-33-17-7-8-22-37(33)41/h1-31H. The molecule has 0 saturated carbocycles. The number of furan rings is 1. The molecule has 10 rings (SSSR count). The molecule has 0 bridgehead atoms. The molecule has 0 amide bonds. The van der Waals surface area contributed by atoms with Crippen molar-refractivity contribution in [3.63, 3.8) is 0 Å². The van der Waals surface area contributed by atoms with Crippen molar-refractivity contribution in [2.75, 3.05) is 0 Å². The fourth-order valence-corrected chi connectivity index (χ4v) is 7.49. The van der Waals surface area contributed by atoms with Crippen LogP contribution in [0.25, 0.3) is 100 Å². The van der Waals surface area contributed by atoms with E-state index in [4.69, 9.17) is 19.4 Å². The lowest BCUT2D eigenvalue weighted by atomic mass is 9.89. The molecular formula is C49H31N3O. The molecule has 4 heteroatoms. The van der Waals surface area contributed by atoms with Crippen LogP contribution in [0.4, 0.5) is 0 Å². The van der Waals surface area contributed by atoms with E-state index in [9.17, 15) is 0 Å². The first-order valence-electron chi connectivity index (χ1n) is 17.8. The Morgan fingerprint density at radius 1 is 0.302 bits per heavy atom. The number of benzene rings is 8. The molecule has 0 aliphatic rings. The van der Waals surface area contributed by atoms with Gasteiger partial charge in [-0.25, -0.2) is 15.0 Å². The second kappa shape index (κ2) is 12.9. The summed E-state index contributed by atoms with van der Waals surface area (Å²) in [5.41, 5.74) is 11.4. The minimum atomic E-state index is 0.595. The number of nitrogens with zero attached hydrogens (tertiary/aromatic N) is 3. The molecule has 0 spiro atoms. The SMILES string of the molecule is c1ccc(-c2nc(-c3cccc4ccccc34)nc(-c3cccc4oc5ccc(-c6ccccc6-c6ccccc6-c6ccccc6)cc5c34)n2)cc1. The molecule has 10 aromatic rings. The Balaban J connectivity index is 1.18. The molecule has 0 saturated heterocycles. The van der Waals surface area contributed by atoms with Gasteiger partial charge in [0, 0.05) is 27.5 Å². The van der Waals surface area contributed by atoms with Crippen molar-refractivity contribution < 1.29 is 4.42 Å². The third kappa shape index (κ3) is 5.45. The lowest BCUT2D eigenvalue weighted by Crippen LogP contribution is -2.00. The van der Waals surface area contributed by atoms with Crippen LogP contribution < -0.4 is 0 Å². The van der Waals surface area contributed by atoms with E-state index in [2.05, 4.69) is 146 Å². The maximum Gasteiger partial charge on any atom is 0.164 e. The molecule has 2 aromatic heterocycles. The van der Waals surface area contributed by atoms with Crippen LogP contribution >= 0.6 is 0 Å². The van der Waals surface area contributed by atoms with Crippen molar-refractivity contribution in [1.29, 1.82) is 0 Å². The summed E-state index contributed by atoms with van der Waals surface area (Å²) in [4.78, 5) is 15.4. The molecule has 0 unspecified atom stereocenters. The zero-order valence-corrected chi connectivity index (χ0v) is 28.6. The summed E-state index contributed by atoms with van der Waals surface area (Å²) >= 11 is 0. The van der Waals surface area contributed by atoms with E-state index in [0.29, 0.717) is 17.5 Å². The monoisotopic (exact) mass is 677 g/mol. The highest BCUT2D eigenvalue weighted by molar-refractivity contribution is 6.13. The van der Waals surface area contributed by atoms with Crippen LogP contribution in [0.15, 0.2) is 192 Å². The number of hydrogen-bond donors (Lipinski definition) is 0. The van der Waals surface area contributed by atoms with E-state index in [-0.39, 0.29) is 0 Å². The highest BCUT2D eigenvalue weighted by atomic mass is 16.3. The summed E-state index contributed by atoms with van der Waals surface area (Å²) in [6.45, 7) is 0.